The van der Waals surface area contributed by atoms with Gasteiger partial charge in [-0.05, 0) is 12.1 Å². The molecule has 0 radical (unpaired) electrons. The number of pyridine rings is 1. The minimum atomic E-state index is -2.18. The van der Waals surface area contributed by atoms with Gasteiger partial charge in [-0.3, -0.25) is 0 Å². The minimum absolute atomic E-state index is 0.315. The Bertz CT molecular complexity index is 1210. The van der Waals surface area contributed by atoms with Gasteiger partial charge in [0, 0.05) is 41.1 Å². The number of rotatable bonds is 5. The van der Waals surface area contributed by atoms with Gasteiger partial charge in [0.2, 0.25) is 5.82 Å². The second-order valence-corrected chi connectivity index (χ2v) is 6.42. The molecule has 0 saturated carbocycles. The quantitative estimate of drug-likeness (QED) is 0.295. The van der Waals surface area contributed by atoms with E-state index in [2.05, 4.69) is 10.3 Å². The SMILES string of the molecule is NCCNc1nccc2c3ccccc3n(Cc3c(F)c(F)c(F)c(F)c3F)c12. The molecule has 3 N–H and O–H groups in total. The van der Waals surface area contributed by atoms with E-state index in [1.807, 2.05) is 0 Å². The molecule has 4 rings (SSSR count). The summed E-state index contributed by atoms with van der Waals surface area (Å²) in [6.07, 6.45) is 1.57. The number of hydrogen-bond acceptors (Lipinski definition) is 3. The molecule has 2 heterocycles. The van der Waals surface area contributed by atoms with Gasteiger partial charge in [-0.25, -0.2) is 26.9 Å². The molecule has 0 unspecified atom stereocenters. The summed E-state index contributed by atoms with van der Waals surface area (Å²) in [5.74, 6) is -9.44. The van der Waals surface area contributed by atoms with E-state index in [9.17, 15) is 22.0 Å². The molecule has 0 atom stereocenters. The molecule has 0 aliphatic carbocycles. The van der Waals surface area contributed by atoms with E-state index in [4.69, 9.17) is 5.73 Å². The predicted octanol–water partition coefficient (Wildman–Crippen LogP) is 4.30. The zero-order chi connectivity index (χ0) is 20.7. The van der Waals surface area contributed by atoms with Crippen LogP contribution in [-0.2, 0) is 6.54 Å². The van der Waals surface area contributed by atoms with Crippen molar-refractivity contribution in [3.05, 3.63) is 71.2 Å². The van der Waals surface area contributed by atoms with E-state index in [0.29, 0.717) is 29.9 Å². The number of benzene rings is 2. The third-order valence-corrected chi connectivity index (χ3v) is 4.73. The van der Waals surface area contributed by atoms with Crippen LogP contribution in [0.1, 0.15) is 5.56 Å². The van der Waals surface area contributed by atoms with Gasteiger partial charge in [0.1, 0.15) is 0 Å². The molecule has 4 nitrogen and oxygen atoms in total. The molecule has 0 aliphatic heterocycles. The van der Waals surface area contributed by atoms with Crippen molar-refractivity contribution < 1.29 is 22.0 Å². The zero-order valence-corrected chi connectivity index (χ0v) is 14.9. The van der Waals surface area contributed by atoms with E-state index in [0.717, 1.165) is 10.8 Å². The van der Waals surface area contributed by atoms with Gasteiger partial charge in [-0.1, -0.05) is 18.2 Å². The summed E-state index contributed by atoms with van der Waals surface area (Å²) in [4.78, 5) is 4.25. The number of hydrogen-bond donors (Lipinski definition) is 2. The highest BCUT2D eigenvalue weighted by atomic mass is 19.2. The lowest BCUT2D eigenvalue weighted by Crippen LogP contribution is -2.15. The molecule has 0 saturated heterocycles. The number of anilines is 1. The lowest BCUT2D eigenvalue weighted by atomic mass is 10.1. The van der Waals surface area contributed by atoms with Crippen LogP contribution in [0.2, 0.25) is 0 Å². The van der Waals surface area contributed by atoms with Crippen LogP contribution in [0.4, 0.5) is 27.8 Å². The first kappa shape index (κ1) is 19.1. The van der Waals surface area contributed by atoms with Gasteiger partial charge in [-0.15, -0.1) is 0 Å². The van der Waals surface area contributed by atoms with Crippen molar-refractivity contribution in [2.24, 2.45) is 5.73 Å². The van der Waals surface area contributed by atoms with Gasteiger partial charge in [0.05, 0.1) is 12.1 Å². The summed E-state index contributed by atoms with van der Waals surface area (Å²) >= 11 is 0. The highest BCUT2D eigenvalue weighted by Crippen LogP contribution is 2.34. The van der Waals surface area contributed by atoms with Crippen LogP contribution in [0, 0.1) is 29.1 Å². The maximum atomic E-state index is 14.3. The van der Waals surface area contributed by atoms with Crippen LogP contribution in [0.25, 0.3) is 21.8 Å². The highest BCUT2D eigenvalue weighted by molar-refractivity contribution is 6.11. The molecule has 2 aromatic carbocycles. The first-order chi connectivity index (χ1) is 14.0. The van der Waals surface area contributed by atoms with Gasteiger partial charge in [-0.2, -0.15) is 0 Å². The Hall–Kier alpha value is -3.20. The van der Waals surface area contributed by atoms with Crippen molar-refractivity contribution in [2.45, 2.75) is 6.54 Å². The predicted molar refractivity (Wildman–Crippen MR) is 100 cm³/mol. The molecule has 2 aromatic heterocycles. The number of aromatic nitrogens is 2. The molecule has 0 bridgehead atoms. The van der Waals surface area contributed by atoms with Crippen molar-refractivity contribution in [2.75, 3.05) is 18.4 Å². The topological polar surface area (TPSA) is 55.9 Å². The summed E-state index contributed by atoms with van der Waals surface area (Å²) in [6.45, 7) is 0.130. The Morgan fingerprint density at radius 3 is 2.21 bits per heavy atom. The number of para-hydroxylation sites is 1. The number of nitrogens with one attached hydrogen (secondary N) is 1. The van der Waals surface area contributed by atoms with Crippen LogP contribution in [0.15, 0.2) is 36.5 Å². The van der Waals surface area contributed by atoms with Crippen molar-refractivity contribution in [1.82, 2.24) is 9.55 Å². The lowest BCUT2D eigenvalue weighted by Gasteiger charge is -2.13. The van der Waals surface area contributed by atoms with E-state index in [1.54, 1.807) is 36.5 Å². The number of nitrogens with zero attached hydrogens (tertiary/aromatic N) is 2. The summed E-state index contributed by atoms with van der Waals surface area (Å²) in [6, 6.07) is 8.74. The Kier molecular flexibility index (Phi) is 4.83. The zero-order valence-electron chi connectivity index (χ0n) is 14.9. The molecular formula is C20H15F5N4. The Morgan fingerprint density at radius 2 is 1.52 bits per heavy atom. The van der Waals surface area contributed by atoms with Gasteiger partial charge in [0.15, 0.2) is 29.1 Å². The molecule has 4 aromatic rings. The molecule has 150 valence electrons. The van der Waals surface area contributed by atoms with E-state index >= 15 is 0 Å². The summed E-state index contributed by atoms with van der Waals surface area (Å²) in [5, 5.41) is 4.51. The first-order valence-corrected chi connectivity index (χ1v) is 8.75. The minimum Gasteiger partial charge on any atom is -0.367 e. The molecule has 0 amide bonds. The van der Waals surface area contributed by atoms with Crippen LogP contribution in [0.5, 0.6) is 0 Å². The smallest absolute Gasteiger partial charge is 0.200 e. The standard InChI is InChI=1S/C20H15F5N4/c21-14-12(15(22)17(24)18(25)16(14)23)9-29-13-4-2-1-3-10(13)11-5-7-27-20(19(11)29)28-8-6-26/h1-5,7H,6,8-9,26H2,(H,27,28). The van der Waals surface area contributed by atoms with Crippen molar-refractivity contribution in [3.8, 4) is 0 Å². The Balaban J connectivity index is 2.01. The molecular weight excluding hydrogens is 391 g/mol. The number of fused-ring (bicyclic) bond motifs is 3. The maximum absolute atomic E-state index is 14.3. The van der Waals surface area contributed by atoms with Crippen LogP contribution >= 0.6 is 0 Å². The molecule has 29 heavy (non-hydrogen) atoms. The van der Waals surface area contributed by atoms with Gasteiger partial charge in [0.25, 0.3) is 0 Å². The Morgan fingerprint density at radius 1 is 0.862 bits per heavy atom. The molecule has 0 fully saturated rings. The van der Waals surface area contributed by atoms with Crippen LogP contribution < -0.4 is 11.1 Å². The largest absolute Gasteiger partial charge is 0.367 e. The molecule has 0 aliphatic rings. The average Bonchev–Trinajstić information content (AvgIpc) is 3.07. The second-order valence-electron chi connectivity index (χ2n) is 6.42. The normalized spacial score (nSPS) is 11.5. The maximum Gasteiger partial charge on any atom is 0.200 e. The van der Waals surface area contributed by atoms with E-state index in [1.165, 1.54) is 4.57 Å². The van der Waals surface area contributed by atoms with Crippen LogP contribution in [0.3, 0.4) is 0 Å². The fourth-order valence-corrected chi connectivity index (χ4v) is 3.43. The third kappa shape index (κ3) is 2.98. The summed E-state index contributed by atoms with van der Waals surface area (Å²) < 4.78 is 70.9. The fraction of sp³-hybridized carbons (Fsp3) is 0.150. The first-order valence-electron chi connectivity index (χ1n) is 8.75. The van der Waals surface area contributed by atoms with E-state index < -0.39 is 41.2 Å². The van der Waals surface area contributed by atoms with Crippen molar-refractivity contribution >= 4 is 27.6 Å². The lowest BCUT2D eigenvalue weighted by molar-refractivity contribution is 0.369. The number of nitrogens with two attached hydrogens (primary N) is 1. The van der Waals surface area contributed by atoms with Crippen molar-refractivity contribution in [3.63, 3.8) is 0 Å². The average molecular weight is 406 g/mol. The van der Waals surface area contributed by atoms with Gasteiger partial charge >= 0.3 is 0 Å². The summed E-state index contributed by atoms with van der Waals surface area (Å²) in [5.41, 5.74) is 5.65. The Labute approximate surface area is 161 Å². The highest BCUT2D eigenvalue weighted by Gasteiger charge is 2.27. The second kappa shape index (κ2) is 7.32. The molecule has 9 heteroatoms. The summed E-state index contributed by atoms with van der Waals surface area (Å²) in [7, 11) is 0. The molecule has 0 spiro atoms. The third-order valence-electron chi connectivity index (χ3n) is 4.73. The van der Waals surface area contributed by atoms with Crippen LogP contribution in [-0.4, -0.2) is 22.6 Å². The number of halogens is 5. The fourth-order valence-electron chi connectivity index (χ4n) is 3.43. The van der Waals surface area contributed by atoms with Crippen molar-refractivity contribution in [1.29, 1.82) is 0 Å². The monoisotopic (exact) mass is 406 g/mol. The van der Waals surface area contributed by atoms with Gasteiger partial charge < -0.3 is 15.6 Å². The van der Waals surface area contributed by atoms with E-state index in [-0.39, 0.29) is 0 Å².